The molecule has 1 aliphatic rings. The van der Waals surface area contributed by atoms with E-state index in [9.17, 15) is 4.79 Å². The standard InChI is InChI=1S/C22H25N5O2S/c1-29-18-11-9-17(10-12-18)27-16-23-25-22(27)30-15-21(28)24-19-7-3-4-8-20(19)26-13-5-2-6-14-26/h3-4,7-12,16H,2,5-6,13-15H2,1H3,(H,24,28). The van der Waals surface area contributed by atoms with Crippen molar-refractivity contribution in [3.63, 3.8) is 0 Å². The van der Waals surface area contributed by atoms with Crippen LogP contribution in [0, 0.1) is 0 Å². The fourth-order valence-electron chi connectivity index (χ4n) is 3.55. The van der Waals surface area contributed by atoms with E-state index in [2.05, 4.69) is 26.5 Å². The summed E-state index contributed by atoms with van der Waals surface area (Å²) in [5, 5.41) is 11.9. The van der Waals surface area contributed by atoms with Crippen molar-refractivity contribution in [3.8, 4) is 11.4 Å². The molecular weight excluding hydrogens is 398 g/mol. The Morgan fingerprint density at radius 1 is 1.10 bits per heavy atom. The third-order valence-corrected chi connectivity index (χ3v) is 6.02. The lowest BCUT2D eigenvalue weighted by atomic mass is 10.1. The predicted octanol–water partition coefficient (Wildman–Crippen LogP) is 4.00. The number of para-hydroxylation sites is 2. The summed E-state index contributed by atoms with van der Waals surface area (Å²) < 4.78 is 7.06. The number of thioether (sulfide) groups is 1. The number of methoxy groups -OCH3 is 1. The van der Waals surface area contributed by atoms with E-state index in [1.165, 1.54) is 31.0 Å². The second-order valence-corrected chi connectivity index (χ2v) is 8.03. The van der Waals surface area contributed by atoms with Crippen LogP contribution < -0.4 is 15.0 Å². The van der Waals surface area contributed by atoms with E-state index in [0.717, 1.165) is 35.9 Å². The minimum Gasteiger partial charge on any atom is -0.497 e. The maximum Gasteiger partial charge on any atom is 0.234 e. The van der Waals surface area contributed by atoms with Gasteiger partial charge in [-0.1, -0.05) is 23.9 Å². The molecule has 1 aromatic heterocycles. The molecule has 0 atom stereocenters. The number of amides is 1. The van der Waals surface area contributed by atoms with Crippen LogP contribution in [0.2, 0.25) is 0 Å². The first-order valence-corrected chi connectivity index (χ1v) is 11.0. The molecule has 0 saturated carbocycles. The van der Waals surface area contributed by atoms with Crippen molar-refractivity contribution in [2.75, 3.05) is 36.2 Å². The number of hydrogen-bond donors (Lipinski definition) is 1. The van der Waals surface area contributed by atoms with Crippen molar-refractivity contribution in [1.29, 1.82) is 0 Å². The molecule has 2 aromatic carbocycles. The summed E-state index contributed by atoms with van der Waals surface area (Å²) in [5.41, 5.74) is 2.87. The third kappa shape index (κ3) is 4.76. The minimum absolute atomic E-state index is 0.0614. The fourth-order valence-corrected chi connectivity index (χ4v) is 4.28. The Hall–Kier alpha value is -3.00. The molecule has 4 rings (SSSR count). The van der Waals surface area contributed by atoms with Gasteiger partial charge in [-0.3, -0.25) is 9.36 Å². The van der Waals surface area contributed by atoms with Crippen molar-refractivity contribution < 1.29 is 9.53 Å². The number of nitrogens with zero attached hydrogens (tertiary/aromatic N) is 4. The molecule has 30 heavy (non-hydrogen) atoms. The quantitative estimate of drug-likeness (QED) is 0.579. The molecule has 0 bridgehead atoms. The number of aromatic nitrogens is 3. The molecule has 1 fully saturated rings. The largest absolute Gasteiger partial charge is 0.497 e. The van der Waals surface area contributed by atoms with Crippen LogP contribution in [0.25, 0.3) is 5.69 Å². The zero-order valence-corrected chi connectivity index (χ0v) is 17.8. The first-order valence-electron chi connectivity index (χ1n) is 10.1. The van der Waals surface area contributed by atoms with Crippen molar-refractivity contribution >= 4 is 29.0 Å². The van der Waals surface area contributed by atoms with Gasteiger partial charge in [-0.15, -0.1) is 10.2 Å². The summed E-state index contributed by atoms with van der Waals surface area (Å²) in [7, 11) is 1.64. The van der Waals surface area contributed by atoms with E-state index in [1.807, 2.05) is 47.0 Å². The molecule has 0 unspecified atom stereocenters. The second kappa shape index (κ2) is 9.67. The van der Waals surface area contributed by atoms with Gasteiger partial charge in [-0.25, -0.2) is 0 Å². The highest BCUT2D eigenvalue weighted by Gasteiger charge is 2.16. The van der Waals surface area contributed by atoms with E-state index in [1.54, 1.807) is 13.4 Å². The van der Waals surface area contributed by atoms with E-state index in [4.69, 9.17) is 4.74 Å². The molecule has 156 valence electrons. The van der Waals surface area contributed by atoms with Gasteiger partial charge >= 0.3 is 0 Å². The molecule has 1 N–H and O–H groups in total. The van der Waals surface area contributed by atoms with Crippen LogP contribution in [0.1, 0.15) is 19.3 Å². The topological polar surface area (TPSA) is 72.3 Å². The number of anilines is 2. The van der Waals surface area contributed by atoms with Gasteiger partial charge in [0.15, 0.2) is 5.16 Å². The highest BCUT2D eigenvalue weighted by molar-refractivity contribution is 7.99. The average molecular weight is 424 g/mol. The maximum absolute atomic E-state index is 12.6. The summed E-state index contributed by atoms with van der Waals surface area (Å²) in [5.74, 6) is 0.977. The van der Waals surface area contributed by atoms with E-state index < -0.39 is 0 Å². The SMILES string of the molecule is COc1ccc(-n2cnnc2SCC(=O)Nc2ccccc2N2CCCCC2)cc1. The summed E-state index contributed by atoms with van der Waals surface area (Å²) in [6, 6.07) is 15.6. The van der Waals surface area contributed by atoms with Crippen LogP contribution in [-0.4, -0.2) is 46.6 Å². The first-order chi connectivity index (χ1) is 14.7. The minimum atomic E-state index is -0.0614. The van der Waals surface area contributed by atoms with Crippen LogP contribution in [0.4, 0.5) is 11.4 Å². The van der Waals surface area contributed by atoms with Crippen molar-refractivity contribution in [2.24, 2.45) is 0 Å². The summed E-state index contributed by atoms with van der Waals surface area (Å²) in [4.78, 5) is 15.0. The summed E-state index contributed by atoms with van der Waals surface area (Å²) in [6.07, 6.45) is 5.31. The molecule has 2 heterocycles. The molecule has 3 aromatic rings. The number of benzene rings is 2. The van der Waals surface area contributed by atoms with E-state index in [-0.39, 0.29) is 11.7 Å². The number of nitrogens with one attached hydrogen (secondary N) is 1. The first kappa shape index (κ1) is 20.3. The zero-order valence-electron chi connectivity index (χ0n) is 17.0. The van der Waals surface area contributed by atoms with Crippen LogP contribution in [-0.2, 0) is 4.79 Å². The van der Waals surface area contributed by atoms with E-state index >= 15 is 0 Å². The van der Waals surface area contributed by atoms with Crippen LogP contribution in [0.5, 0.6) is 5.75 Å². The monoisotopic (exact) mass is 423 g/mol. The van der Waals surface area contributed by atoms with Gasteiger partial charge < -0.3 is 15.0 Å². The molecule has 0 spiro atoms. The summed E-state index contributed by atoms with van der Waals surface area (Å²) in [6.45, 7) is 2.07. The van der Waals surface area contributed by atoms with Gasteiger partial charge in [-0.05, 0) is 55.7 Å². The highest BCUT2D eigenvalue weighted by atomic mass is 32.2. The van der Waals surface area contributed by atoms with Crippen molar-refractivity contribution in [3.05, 3.63) is 54.9 Å². The van der Waals surface area contributed by atoms with Gasteiger partial charge in [-0.2, -0.15) is 0 Å². The summed E-state index contributed by atoms with van der Waals surface area (Å²) >= 11 is 1.36. The fraction of sp³-hybridized carbons (Fsp3) is 0.318. The second-order valence-electron chi connectivity index (χ2n) is 7.08. The zero-order chi connectivity index (χ0) is 20.8. The Morgan fingerprint density at radius 2 is 1.87 bits per heavy atom. The van der Waals surface area contributed by atoms with Gasteiger partial charge in [0.2, 0.25) is 5.91 Å². The number of rotatable bonds is 7. The van der Waals surface area contributed by atoms with Gasteiger partial charge in [0.1, 0.15) is 12.1 Å². The van der Waals surface area contributed by atoms with Gasteiger partial charge in [0.05, 0.1) is 24.2 Å². The average Bonchev–Trinajstić information content (AvgIpc) is 3.27. The molecular formula is C22H25N5O2S. The third-order valence-electron chi connectivity index (χ3n) is 5.07. The molecule has 8 heteroatoms. The maximum atomic E-state index is 12.6. The lowest BCUT2D eigenvalue weighted by Crippen LogP contribution is -2.30. The lowest BCUT2D eigenvalue weighted by Gasteiger charge is -2.30. The lowest BCUT2D eigenvalue weighted by molar-refractivity contribution is -0.113. The predicted molar refractivity (Wildman–Crippen MR) is 120 cm³/mol. The molecule has 1 aliphatic heterocycles. The Bertz CT molecular complexity index is 983. The van der Waals surface area contributed by atoms with Crippen LogP contribution >= 0.6 is 11.8 Å². The Morgan fingerprint density at radius 3 is 2.63 bits per heavy atom. The smallest absolute Gasteiger partial charge is 0.234 e. The number of ether oxygens (including phenoxy) is 1. The number of piperidine rings is 1. The van der Waals surface area contributed by atoms with E-state index in [0.29, 0.717) is 5.16 Å². The van der Waals surface area contributed by atoms with Crippen LogP contribution in [0.15, 0.2) is 60.0 Å². The van der Waals surface area contributed by atoms with Gasteiger partial charge in [0, 0.05) is 18.8 Å². The Balaban J connectivity index is 1.40. The number of hydrogen-bond acceptors (Lipinski definition) is 6. The molecule has 1 amide bonds. The Kier molecular flexibility index (Phi) is 6.53. The van der Waals surface area contributed by atoms with Gasteiger partial charge in [0.25, 0.3) is 0 Å². The highest BCUT2D eigenvalue weighted by Crippen LogP contribution is 2.29. The molecule has 0 radical (unpaired) electrons. The Labute approximate surface area is 180 Å². The van der Waals surface area contributed by atoms with Crippen molar-refractivity contribution in [1.82, 2.24) is 14.8 Å². The van der Waals surface area contributed by atoms with Crippen LogP contribution in [0.3, 0.4) is 0 Å². The normalized spacial score (nSPS) is 13.8. The number of carbonyl (C=O) groups excluding carboxylic acids is 1. The number of carbonyl (C=O) groups is 1. The molecule has 1 saturated heterocycles. The molecule has 0 aliphatic carbocycles. The van der Waals surface area contributed by atoms with Crippen molar-refractivity contribution in [2.45, 2.75) is 24.4 Å². The molecule has 7 nitrogen and oxygen atoms in total.